The highest BCUT2D eigenvalue weighted by atomic mass is 19.1. The molecule has 0 atom stereocenters. The molecule has 0 unspecified atom stereocenters. The Hall–Kier alpha value is -3.74. The highest BCUT2D eigenvalue weighted by Gasteiger charge is 2.17. The standard InChI is InChI=1S/C24H21FN4O2/c25-18-10-8-16(9-11-18)20-12-13-21(31-20)24(30)26-19-6-4-5-17(15-19)23-28-27-22-7-2-1-3-14-29(22)23/h4-6,8-13,15H,1-3,7,14H2,(H,26,30). The summed E-state index contributed by atoms with van der Waals surface area (Å²) in [6.07, 6.45) is 4.39. The molecule has 1 aliphatic rings. The summed E-state index contributed by atoms with van der Waals surface area (Å²) < 4.78 is 21.0. The number of nitrogens with zero attached hydrogens (tertiary/aromatic N) is 3. The SMILES string of the molecule is O=C(Nc1cccc(-c2nnc3n2CCCCC3)c1)c1ccc(-c2ccc(F)cc2)o1. The zero-order chi connectivity index (χ0) is 21.2. The van der Waals surface area contributed by atoms with Crippen molar-refractivity contribution in [2.45, 2.75) is 32.2 Å². The lowest BCUT2D eigenvalue weighted by Crippen LogP contribution is -2.11. The Morgan fingerprint density at radius 2 is 1.84 bits per heavy atom. The van der Waals surface area contributed by atoms with Crippen LogP contribution in [0.4, 0.5) is 10.1 Å². The summed E-state index contributed by atoms with van der Waals surface area (Å²) in [6, 6.07) is 16.8. The number of hydrogen-bond acceptors (Lipinski definition) is 4. The number of benzene rings is 2. The van der Waals surface area contributed by atoms with E-state index in [0.717, 1.165) is 43.0 Å². The van der Waals surface area contributed by atoms with Crippen molar-refractivity contribution in [3.05, 3.63) is 78.1 Å². The van der Waals surface area contributed by atoms with Crippen LogP contribution in [0.3, 0.4) is 0 Å². The molecule has 3 heterocycles. The molecule has 0 spiro atoms. The van der Waals surface area contributed by atoms with E-state index in [1.807, 2.05) is 24.3 Å². The lowest BCUT2D eigenvalue weighted by molar-refractivity contribution is 0.0997. The maximum absolute atomic E-state index is 13.1. The largest absolute Gasteiger partial charge is 0.451 e. The van der Waals surface area contributed by atoms with Gasteiger partial charge in [0.25, 0.3) is 5.91 Å². The van der Waals surface area contributed by atoms with E-state index in [9.17, 15) is 9.18 Å². The molecule has 1 N–H and O–H groups in total. The molecule has 31 heavy (non-hydrogen) atoms. The number of anilines is 1. The van der Waals surface area contributed by atoms with Gasteiger partial charge in [0, 0.05) is 29.8 Å². The summed E-state index contributed by atoms with van der Waals surface area (Å²) in [4.78, 5) is 12.7. The lowest BCUT2D eigenvalue weighted by Gasteiger charge is -2.09. The fourth-order valence-corrected chi connectivity index (χ4v) is 3.86. The van der Waals surface area contributed by atoms with Crippen LogP contribution in [0, 0.1) is 5.82 Å². The summed E-state index contributed by atoms with van der Waals surface area (Å²) in [7, 11) is 0. The Labute approximate surface area is 178 Å². The van der Waals surface area contributed by atoms with E-state index in [2.05, 4.69) is 20.1 Å². The van der Waals surface area contributed by atoms with Gasteiger partial charge in [0.2, 0.25) is 0 Å². The maximum Gasteiger partial charge on any atom is 0.291 e. The minimum absolute atomic E-state index is 0.182. The molecule has 0 saturated carbocycles. The highest BCUT2D eigenvalue weighted by Crippen LogP contribution is 2.26. The Morgan fingerprint density at radius 3 is 2.71 bits per heavy atom. The number of amides is 1. The number of nitrogens with one attached hydrogen (secondary N) is 1. The molecular weight excluding hydrogens is 395 g/mol. The minimum atomic E-state index is -0.356. The van der Waals surface area contributed by atoms with Crippen molar-refractivity contribution >= 4 is 11.6 Å². The molecule has 0 aliphatic carbocycles. The van der Waals surface area contributed by atoms with Crippen LogP contribution in [-0.4, -0.2) is 20.7 Å². The normalized spacial score (nSPS) is 13.5. The average molecular weight is 416 g/mol. The van der Waals surface area contributed by atoms with Crippen LogP contribution < -0.4 is 5.32 Å². The number of aryl methyl sites for hydroxylation is 1. The second-order valence-electron chi connectivity index (χ2n) is 7.61. The van der Waals surface area contributed by atoms with Crippen LogP contribution in [-0.2, 0) is 13.0 Å². The molecule has 5 rings (SSSR count). The van der Waals surface area contributed by atoms with Crippen LogP contribution in [0.5, 0.6) is 0 Å². The summed E-state index contributed by atoms with van der Waals surface area (Å²) in [5.41, 5.74) is 2.26. The van der Waals surface area contributed by atoms with Crippen molar-refractivity contribution < 1.29 is 13.6 Å². The summed E-state index contributed by atoms with van der Waals surface area (Å²) in [5.74, 6) is 1.85. The van der Waals surface area contributed by atoms with E-state index < -0.39 is 0 Å². The third-order valence-corrected chi connectivity index (χ3v) is 5.45. The van der Waals surface area contributed by atoms with E-state index in [-0.39, 0.29) is 17.5 Å². The quantitative estimate of drug-likeness (QED) is 0.488. The second-order valence-corrected chi connectivity index (χ2v) is 7.61. The Bertz CT molecular complexity index is 1230. The first kappa shape index (κ1) is 19.2. The van der Waals surface area contributed by atoms with Crippen molar-refractivity contribution in [3.8, 4) is 22.7 Å². The topological polar surface area (TPSA) is 73.0 Å². The zero-order valence-electron chi connectivity index (χ0n) is 16.8. The van der Waals surface area contributed by atoms with Crippen LogP contribution in [0.15, 0.2) is 65.1 Å². The fourth-order valence-electron chi connectivity index (χ4n) is 3.86. The van der Waals surface area contributed by atoms with Gasteiger partial charge in [-0.25, -0.2) is 4.39 Å². The molecular formula is C24H21FN4O2. The van der Waals surface area contributed by atoms with Crippen LogP contribution in [0.2, 0.25) is 0 Å². The molecule has 0 bridgehead atoms. The van der Waals surface area contributed by atoms with Gasteiger partial charge >= 0.3 is 0 Å². The molecule has 156 valence electrons. The molecule has 2 aromatic carbocycles. The summed E-state index contributed by atoms with van der Waals surface area (Å²) in [6.45, 7) is 0.910. The Balaban J connectivity index is 1.35. The molecule has 6 nitrogen and oxygen atoms in total. The number of aromatic nitrogens is 3. The summed E-state index contributed by atoms with van der Waals surface area (Å²) in [5, 5.41) is 11.6. The van der Waals surface area contributed by atoms with Crippen LogP contribution in [0.1, 0.15) is 35.6 Å². The van der Waals surface area contributed by atoms with Gasteiger partial charge in [-0.05, 0) is 61.4 Å². The number of fused-ring (bicyclic) bond motifs is 1. The molecule has 1 amide bonds. The predicted molar refractivity (Wildman–Crippen MR) is 115 cm³/mol. The smallest absolute Gasteiger partial charge is 0.291 e. The molecule has 2 aromatic heterocycles. The van der Waals surface area contributed by atoms with Gasteiger partial charge < -0.3 is 14.3 Å². The second kappa shape index (κ2) is 8.18. The van der Waals surface area contributed by atoms with Crippen molar-refractivity contribution in [1.82, 2.24) is 14.8 Å². The lowest BCUT2D eigenvalue weighted by atomic mass is 10.2. The van der Waals surface area contributed by atoms with Crippen molar-refractivity contribution in [2.24, 2.45) is 0 Å². The molecule has 4 aromatic rings. The number of halogens is 1. The average Bonchev–Trinajstić information content (AvgIpc) is 3.37. The molecule has 1 aliphatic heterocycles. The first-order chi connectivity index (χ1) is 15.2. The van der Waals surface area contributed by atoms with Crippen molar-refractivity contribution in [3.63, 3.8) is 0 Å². The zero-order valence-corrected chi connectivity index (χ0v) is 16.8. The van der Waals surface area contributed by atoms with Gasteiger partial charge in [-0.15, -0.1) is 10.2 Å². The molecule has 0 fully saturated rings. The number of furan rings is 1. The number of carbonyl (C=O) groups is 1. The van der Waals surface area contributed by atoms with Gasteiger partial charge in [-0.2, -0.15) is 0 Å². The number of hydrogen-bond donors (Lipinski definition) is 1. The van der Waals surface area contributed by atoms with Crippen LogP contribution >= 0.6 is 0 Å². The fraction of sp³-hybridized carbons (Fsp3) is 0.208. The van der Waals surface area contributed by atoms with Gasteiger partial charge in [-0.1, -0.05) is 18.6 Å². The van der Waals surface area contributed by atoms with E-state index >= 15 is 0 Å². The van der Waals surface area contributed by atoms with E-state index in [1.54, 1.807) is 24.3 Å². The van der Waals surface area contributed by atoms with Gasteiger partial charge in [-0.3, -0.25) is 4.79 Å². The van der Waals surface area contributed by atoms with E-state index in [1.165, 1.54) is 18.6 Å². The van der Waals surface area contributed by atoms with Crippen LogP contribution in [0.25, 0.3) is 22.7 Å². The van der Waals surface area contributed by atoms with E-state index in [4.69, 9.17) is 4.42 Å². The third-order valence-electron chi connectivity index (χ3n) is 5.45. The van der Waals surface area contributed by atoms with Gasteiger partial charge in [0.05, 0.1) is 0 Å². The minimum Gasteiger partial charge on any atom is -0.451 e. The van der Waals surface area contributed by atoms with Crippen molar-refractivity contribution in [2.75, 3.05) is 5.32 Å². The summed E-state index contributed by atoms with van der Waals surface area (Å²) >= 11 is 0. The first-order valence-corrected chi connectivity index (χ1v) is 10.4. The molecule has 7 heteroatoms. The van der Waals surface area contributed by atoms with Gasteiger partial charge in [0.15, 0.2) is 11.6 Å². The van der Waals surface area contributed by atoms with Crippen molar-refractivity contribution in [1.29, 1.82) is 0 Å². The Kier molecular flexibility index (Phi) is 5.08. The molecule has 0 radical (unpaired) electrons. The highest BCUT2D eigenvalue weighted by molar-refractivity contribution is 6.02. The first-order valence-electron chi connectivity index (χ1n) is 10.4. The number of carbonyl (C=O) groups excluding carboxylic acids is 1. The predicted octanol–water partition coefficient (Wildman–Crippen LogP) is 5.32. The monoisotopic (exact) mass is 416 g/mol. The molecule has 0 saturated heterocycles. The third kappa shape index (κ3) is 3.99. The van der Waals surface area contributed by atoms with Gasteiger partial charge in [0.1, 0.15) is 17.4 Å². The number of rotatable bonds is 4. The Morgan fingerprint density at radius 1 is 0.968 bits per heavy atom. The van der Waals surface area contributed by atoms with E-state index in [0.29, 0.717) is 17.0 Å². The maximum atomic E-state index is 13.1.